The quantitative estimate of drug-likeness (QED) is 0.799. The van der Waals surface area contributed by atoms with Crippen LogP contribution in [0.4, 0.5) is 0 Å². The minimum Gasteiger partial charge on any atom is -0.314 e. The van der Waals surface area contributed by atoms with Gasteiger partial charge in [-0.2, -0.15) is 0 Å². The van der Waals surface area contributed by atoms with Crippen molar-refractivity contribution >= 4 is 23.2 Å². The first-order chi connectivity index (χ1) is 8.57. The second-order valence-corrected chi connectivity index (χ2v) is 6.29. The number of hydrogen-bond donors (Lipinski definition) is 1. The summed E-state index contributed by atoms with van der Waals surface area (Å²) in [6, 6.07) is 6.41. The summed E-state index contributed by atoms with van der Waals surface area (Å²) in [6.07, 6.45) is 4.83. The highest BCUT2D eigenvalue weighted by Crippen LogP contribution is 2.52. The average molecular weight is 286 g/mol. The van der Waals surface area contributed by atoms with E-state index in [1.165, 1.54) is 24.8 Å². The van der Waals surface area contributed by atoms with E-state index in [0.29, 0.717) is 16.5 Å². The topological polar surface area (TPSA) is 12.0 Å². The van der Waals surface area contributed by atoms with E-state index in [1.54, 1.807) is 0 Å². The molecule has 0 bridgehead atoms. The van der Waals surface area contributed by atoms with Gasteiger partial charge in [0.25, 0.3) is 0 Å². The summed E-state index contributed by atoms with van der Waals surface area (Å²) in [5.74, 6) is 0. The summed E-state index contributed by atoms with van der Waals surface area (Å²) in [5.41, 5.74) is 1.64. The van der Waals surface area contributed by atoms with Crippen LogP contribution < -0.4 is 5.32 Å². The number of halogens is 2. The zero-order valence-corrected chi connectivity index (χ0v) is 12.6. The molecule has 0 spiro atoms. The van der Waals surface area contributed by atoms with Gasteiger partial charge in [-0.05, 0) is 62.3 Å². The van der Waals surface area contributed by atoms with E-state index < -0.39 is 0 Å². The summed E-state index contributed by atoms with van der Waals surface area (Å²) in [6.45, 7) is 5.60. The van der Waals surface area contributed by atoms with Gasteiger partial charge in [0.2, 0.25) is 0 Å². The molecule has 0 saturated heterocycles. The summed E-state index contributed by atoms with van der Waals surface area (Å²) in [4.78, 5) is 0. The molecule has 18 heavy (non-hydrogen) atoms. The van der Waals surface area contributed by atoms with Crippen LogP contribution in [0.5, 0.6) is 0 Å². The minimum atomic E-state index is 0.409. The molecule has 100 valence electrons. The van der Waals surface area contributed by atoms with Crippen LogP contribution in [0.2, 0.25) is 10.0 Å². The third-order valence-corrected chi connectivity index (χ3v) is 4.66. The van der Waals surface area contributed by atoms with Gasteiger partial charge in [-0.3, -0.25) is 0 Å². The molecule has 1 N–H and O–H groups in total. The van der Waals surface area contributed by atoms with Crippen molar-refractivity contribution in [2.75, 3.05) is 6.54 Å². The molecule has 0 aromatic heterocycles. The monoisotopic (exact) mass is 285 g/mol. The van der Waals surface area contributed by atoms with Gasteiger partial charge in [0, 0.05) is 16.1 Å². The third-order valence-electron chi connectivity index (χ3n) is 4.07. The first-order valence-corrected chi connectivity index (χ1v) is 7.50. The standard InChI is InChI=1S/C15H21Cl2N/c1-3-8-18-11(2)15(6-7-15)10-12-4-5-13(16)9-14(12)17/h4-5,9,11,18H,3,6-8,10H2,1-2H3. The SMILES string of the molecule is CCCNC(C)C1(Cc2ccc(Cl)cc2Cl)CC1. The molecule has 0 radical (unpaired) electrons. The largest absolute Gasteiger partial charge is 0.314 e. The predicted molar refractivity (Wildman–Crippen MR) is 79.6 cm³/mol. The molecule has 1 fully saturated rings. The van der Waals surface area contributed by atoms with E-state index in [1.807, 2.05) is 12.1 Å². The number of benzene rings is 1. The first kappa shape index (κ1) is 14.2. The normalized spacial score (nSPS) is 18.7. The van der Waals surface area contributed by atoms with Gasteiger partial charge in [-0.25, -0.2) is 0 Å². The van der Waals surface area contributed by atoms with Crippen LogP contribution in [0, 0.1) is 5.41 Å². The molecule has 1 aromatic carbocycles. The van der Waals surface area contributed by atoms with E-state index in [0.717, 1.165) is 18.0 Å². The maximum absolute atomic E-state index is 6.27. The molecule has 2 rings (SSSR count). The highest BCUT2D eigenvalue weighted by Gasteiger charge is 2.47. The Morgan fingerprint density at radius 1 is 1.33 bits per heavy atom. The van der Waals surface area contributed by atoms with Crippen molar-refractivity contribution in [1.29, 1.82) is 0 Å². The summed E-state index contributed by atoms with van der Waals surface area (Å²) < 4.78 is 0. The van der Waals surface area contributed by atoms with Crippen LogP contribution >= 0.6 is 23.2 Å². The Hall–Kier alpha value is -0.240. The second-order valence-electron chi connectivity index (χ2n) is 5.45. The molecule has 0 amide bonds. The van der Waals surface area contributed by atoms with Gasteiger partial charge >= 0.3 is 0 Å². The molecule has 1 atom stereocenters. The molecule has 1 aliphatic carbocycles. The molecular weight excluding hydrogens is 265 g/mol. The van der Waals surface area contributed by atoms with Gasteiger partial charge in [-0.15, -0.1) is 0 Å². The summed E-state index contributed by atoms with van der Waals surface area (Å²) >= 11 is 12.2. The lowest BCUT2D eigenvalue weighted by atomic mass is 9.89. The Morgan fingerprint density at radius 2 is 2.06 bits per heavy atom. The zero-order valence-electron chi connectivity index (χ0n) is 11.1. The van der Waals surface area contributed by atoms with Crippen LogP contribution in [-0.2, 0) is 6.42 Å². The maximum Gasteiger partial charge on any atom is 0.0453 e. The van der Waals surface area contributed by atoms with E-state index in [-0.39, 0.29) is 0 Å². The third kappa shape index (κ3) is 3.20. The van der Waals surface area contributed by atoms with Crippen LogP contribution in [0.1, 0.15) is 38.7 Å². The maximum atomic E-state index is 6.27. The van der Waals surface area contributed by atoms with Gasteiger partial charge in [-0.1, -0.05) is 36.2 Å². The Morgan fingerprint density at radius 3 is 2.61 bits per heavy atom. The van der Waals surface area contributed by atoms with Gasteiger partial charge < -0.3 is 5.32 Å². The van der Waals surface area contributed by atoms with Crippen LogP contribution in [0.15, 0.2) is 18.2 Å². The highest BCUT2D eigenvalue weighted by atomic mass is 35.5. The zero-order chi connectivity index (χ0) is 13.2. The van der Waals surface area contributed by atoms with Crippen molar-refractivity contribution < 1.29 is 0 Å². The molecule has 1 aromatic rings. The lowest BCUT2D eigenvalue weighted by molar-refractivity contribution is 0.350. The van der Waals surface area contributed by atoms with Crippen molar-refractivity contribution in [3.63, 3.8) is 0 Å². The molecule has 1 saturated carbocycles. The Balaban J connectivity index is 2.04. The Bertz CT molecular complexity index is 413. The van der Waals surface area contributed by atoms with E-state index in [4.69, 9.17) is 23.2 Å². The first-order valence-electron chi connectivity index (χ1n) is 6.75. The molecule has 0 heterocycles. The van der Waals surface area contributed by atoms with Gasteiger partial charge in [0.1, 0.15) is 0 Å². The lowest BCUT2D eigenvalue weighted by Gasteiger charge is -2.25. The predicted octanol–water partition coefficient (Wildman–Crippen LogP) is 4.70. The van der Waals surface area contributed by atoms with Crippen LogP contribution in [0.3, 0.4) is 0 Å². The number of nitrogens with one attached hydrogen (secondary N) is 1. The number of hydrogen-bond acceptors (Lipinski definition) is 1. The van der Waals surface area contributed by atoms with E-state index in [2.05, 4.69) is 25.2 Å². The molecular formula is C15H21Cl2N. The molecule has 1 nitrogen and oxygen atoms in total. The lowest BCUT2D eigenvalue weighted by Crippen LogP contribution is -2.36. The van der Waals surface area contributed by atoms with Crippen molar-refractivity contribution in [1.82, 2.24) is 5.32 Å². The van der Waals surface area contributed by atoms with Crippen LogP contribution in [-0.4, -0.2) is 12.6 Å². The van der Waals surface area contributed by atoms with Crippen LogP contribution in [0.25, 0.3) is 0 Å². The fourth-order valence-corrected chi connectivity index (χ4v) is 3.02. The van der Waals surface area contributed by atoms with Gasteiger partial charge in [0.15, 0.2) is 0 Å². The van der Waals surface area contributed by atoms with Crippen molar-refractivity contribution in [3.05, 3.63) is 33.8 Å². The van der Waals surface area contributed by atoms with Crippen molar-refractivity contribution in [3.8, 4) is 0 Å². The average Bonchev–Trinajstić information content (AvgIpc) is 3.11. The fourth-order valence-electron chi connectivity index (χ4n) is 2.55. The summed E-state index contributed by atoms with van der Waals surface area (Å²) in [7, 11) is 0. The van der Waals surface area contributed by atoms with Gasteiger partial charge in [0.05, 0.1) is 0 Å². The Labute approximate surface area is 120 Å². The molecule has 1 unspecified atom stereocenters. The summed E-state index contributed by atoms with van der Waals surface area (Å²) in [5, 5.41) is 5.13. The van der Waals surface area contributed by atoms with Crippen molar-refractivity contribution in [2.45, 2.75) is 45.6 Å². The smallest absolute Gasteiger partial charge is 0.0453 e. The highest BCUT2D eigenvalue weighted by molar-refractivity contribution is 6.35. The van der Waals surface area contributed by atoms with E-state index >= 15 is 0 Å². The van der Waals surface area contributed by atoms with E-state index in [9.17, 15) is 0 Å². The Kier molecular flexibility index (Phi) is 4.58. The van der Waals surface area contributed by atoms with Crippen molar-refractivity contribution in [2.24, 2.45) is 5.41 Å². The second kappa shape index (κ2) is 5.81. The molecule has 1 aliphatic rings. The molecule has 0 aliphatic heterocycles. The fraction of sp³-hybridized carbons (Fsp3) is 0.600. The minimum absolute atomic E-state index is 0.409. The molecule has 3 heteroatoms. The number of rotatable bonds is 6.